The smallest absolute Gasteiger partial charge is 0.216 e. The summed E-state index contributed by atoms with van der Waals surface area (Å²) in [4.78, 5) is 17.5. The van der Waals surface area contributed by atoms with E-state index in [1.54, 1.807) is 6.92 Å². The van der Waals surface area contributed by atoms with E-state index in [9.17, 15) is 4.79 Å². The zero-order valence-electron chi connectivity index (χ0n) is 14.6. The van der Waals surface area contributed by atoms with Gasteiger partial charge in [-0.2, -0.15) is 0 Å². The number of hydrogen-bond acceptors (Lipinski definition) is 2. The van der Waals surface area contributed by atoms with Crippen LogP contribution in [0.3, 0.4) is 0 Å². The molecule has 1 aliphatic carbocycles. The third-order valence-electron chi connectivity index (χ3n) is 5.81. The van der Waals surface area contributed by atoms with Crippen molar-refractivity contribution in [1.29, 1.82) is 0 Å². The molecule has 2 aromatic rings. The maximum Gasteiger partial charge on any atom is 0.216 e. The number of H-pyrrole nitrogens is 1. The number of carbonyl (C=O) groups excluding carboxylic acids is 1. The van der Waals surface area contributed by atoms with E-state index >= 15 is 0 Å². The van der Waals surface area contributed by atoms with Gasteiger partial charge in [-0.3, -0.25) is 9.69 Å². The molecule has 2 heterocycles. The van der Waals surface area contributed by atoms with Gasteiger partial charge in [0.25, 0.3) is 0 Å². The van der Waals surface area contributed by atoms with Crippen molar-refractivity contribution in [2.24, 2.45) is 5.92 Å². The van der Waals surface area contributed by atoms with E-state index in [1.165, 1.54) is 34.9 Å². The predicted octanol–water partition coefficient (Wildman–Crippen LogP) is 3.04. The first-order chi connectivity index (χ1) is 11.7. The zero-order chi connectivity index (χ0) is 16.7. The van der Waals surface area contributed by atoms with E-state index in [-0.39, 0.29) is 5.91 Å². The SMILES string of the molecule is CCCN1C[C@H](CNC(C)=O)CC2c3cccc4[nH]cc(c34)C[C@H]21. The highest BCUT2D eigenvalue weighted by atomic mass is 16.1. The van der Waals surface area contributed by atoms with Crippen LogP contribution in [0.15, 0.2) is 24.4 Å². The molecule has 1 amide bonds. The largest absolute Gasteiger partial charge is 0.361 e. The van der Waals surface area contributed by atoms with Crippen molar-refractivity contribution < 1.29 is 4.79 Å². The number of aromatic nitrogens is 1. The van der Waals surface area contributed by atoms with Crippen LogP contribution in [0.5, 0.6) is 0 Å². The normalized spacial score (nSPS) is 26.3. The molecule has 1 aromatic heterocycles. The van der Waals surface area contributed by atoms with Gasteiger partial charge in [0.15, 0.2) is 0 Å². The van der Waals surface area contributed by atoms with E-state index in [4.69, 9.17) is 0 Å². The summed E-state index contributed by atoms with van der Waals surface area (Å²) in [5, 5.41) is 4.49. The molecular weight excluding hydrogens is 298 g/mol. The van der Waals surface area contributed by atoms with Crippen molar-refractivity contribution in [2.75, 3.05) is 19.6 Å². The lowest BCUT2D eigenvalue weighted by atomic mass is 9.72. The molecule has 1 aromatic carbocycles. The third kappa shape index (κ3) is 2.63. The first-order valence-electron chi connectivity index (χ1n) is 9.24. The fraction of sp³-hybridized carbons (Fsp3) is 0.550. The highest BCUT2D eigenvalue weighted by molar-refractivity contribution is 5.88. The number of aromatic amines is 1. The number of fused-ring (bicyclic) bond motifs is 2. The Morgan fingerprint density at radius 1 is 1.42 bits per heavy atom. The summed E-state index contributed by atoms with van der Waals surface area (Å²) in [6.07, 6.45) is 5.71. The predicted molar refractivity (Wildman–Crippen MR) is 97.2 cm³/mol. The Labute approximate surface area is 143 Å². The van der Waals surface area contributed by atoms with Crippen LogP contribution in [0.25, 0.3) is 10.9 Å². The Hall–Kier alpha value is -1.81. The maximum absolute atomic E-state index is 11.3. The molecule has 1 saturated heterocycles. The van der Waals surface area contributed by atoms with E-state index < -0.39 is 0 Å². The molecule has 1 fully saturated rings. The van der Waals surface area contributed by atoms with Gasteiger partial charge in [-0.05, 0) is 48.9 Å². The summed E-state index contributed by atoms with van der Waals surface area (Å²) in [5.41, 5.74) is 4.25. The van der Waals surface area contributed by atoms with E-state index in [0.29, 0.717) is 17.9 Å². The Kier molecular flexibility index (Phi) is 4.09. The van der Waals surface area contributed by atoms with Crippen molar-refractivity contribution >= 4 is 16.8 Å². The van der Waals surface area contributed by atoms with Crippen LogP contribution in [-0.2, 0) is 11.2 Å². The number of nitrogens with zero attached hydrogens (tertiary/aromatic N) is 1. The second-order valence-corrected chi connectivity index (χ2v) is 7.50. The van der Waals surface area contributed by atoms with Gasteiger partial charge in [0.1, 0.15) is 0 Å². The number of amides is 1. The van der Waals surface area contributed by atoms with E-state index in [1.807, 2.05) is 0 Å². The Morgan fingerprint density at radius 2 is 2.29 bits per heavy atom. The second kappa shape index (κ2) is 6.25. The molecule has 1 unspecified atom stereocenters. The second-order valence-electron chi connectivity index (χ2n) is 7.50. The van der Waals surface area contributed by atoms with Gasteiger partial charge < -0.3 is 10.3 Å². The summed E-state index contributed by atoms with van der Waals surface area (Å²) in [5.74, 6) is 1.20. The average molecular weight is 325 g/mol. The van der Waals surface area contributed by atoms with Crippen molar-refractivity contribution in [3.8, 4) is 0 Å². The molecule has 0 radical (unpaired) electrons. The number of benzene rings is 1. The summed E-state index contributed by atoms with van der Waals surface area (Å²) in [6.45, 7) is 6.92. The molecular formula is C20H27N3O. The molecule has 4 nitrogen and oxygen atoms in total. The molecule has 3 atom stereocenters. The average Bonchev–Trinajstić information content (AvgIpc) is 2.99. The summed E-state index contributed by atoms with van der Waals surface area (Å²) >= 11 is 0. The molecule has 4 heteroatoms. The lowest BCUT2D eigenvalue weighted by Gasteiger charge is -2.47. The van der Waals surface area contributed by atoms with E-state index in [2.05, 4.69) is 46.5 Å². The molecule has 0 saturated carbocycles. The Bertz CT molecular complexity index is 750. The number of hydrogen-bond donors (Lipinski definition) is 2. The van der Waals surface area contributed by atoms with Gasteiger partial charge >= 0.3 is 0 Å². The molecule has 128 valence electrons. The minimum Gasteiger partial charge on any atom is -0.361 e. The summed E-state index contributed by atoms with van der Waals surface area (Å²) in [6, 6.07) is 7.29. The third-order valence-corrected chi connectivity index (χ3v) is 5.81. The van der Waals surface area contributed by atoms with Crippen LogP contribution >= 0.6 is 0 Å². The number of likely N-dealkylation sites (tertiary alicyclic amines) is 1. The van der Waals surface area contributed by atoms with Crippen molar-refractivity contribution in [1.82, 2.24) is 15.2 Å². The fourth-order valence-electron chi connectivity index (χ4n) is 4.88. The van der Waals surface area contributed by atoms with Gasteiger partial charge in [-0.15, -0.1) is 0 Å². The minimum atomic E-state index is 0.0813. The summed E-state index contributed by atoms with van der Waals surface area (Å²) in [7, 11) is 0. The van der Waals surface area contributed by atoms with Gasteiger partial charge in [-0.1, -0.05) is 19.1 Å². The standard InChI is InChI=1S/C20H27N3O/c1-3-7-23-12-14(10-21-13(2)24)8-17-16-5-4-6-18-20(16)15(11-22-18)9-19(17)23/h4-6,11,14,17,19,22H,3,7-10,12H2,1-2H3,(H,21,24)/t14-,17?,19+/m0/s1. The number of rotatable bonds is 4. The van der Waals surface area contributed by atoms with Crippen LogP contribution in [0.4, 0.5) is 0 Å². The summed E-state index contributed by atoms with van der Waals surface area (Å²) < 4.78 is 0. The Balaban J connectivity index is 1.68. The van der Waals surface area contributed by atoms with Gasteiger partial charge in [0, 0.05) is 49.1 Å². The van der Waals surface area contributed by atoms with Crippen molar-refractivity contribution in [3.63, 3.8) is 0 Å². The van der Waals surface area contributed by atoms with Crippen molar-refractivity contribution in [3.05, 3.63) is 35.5 Å². The van der Waals surface area contributed by atoms with Gasteiger partial charge in [0.05, 0.1) is 0 Å². The topological polar surface area (TPSA) is 48.1 Å². The number of carbonyl (C=O) groups is 1. The molecule has 0 spiro atoms. The first-order valence-corrected chi connectivity index (χ1v) is 9.24. The lowest BCUT2D eigenvalue weighted by Crippen LogP contribution is -2.52. The monoisotopic (exact) mass is 325 g/mol. The maximum atomic E-state index is 11.3. The first kappa shape index (κ1) is 15.7. The van der Waals surface area contributed by atoms with E-state index in [0.717, 1.165) is 26.1 Å². The number of nitrogens with one attached hydrogen (secondary N) is 2. The fourth-order valence-corrected chi connectivity index (χ4v) is 4.88. The highest BCUT2D eigenvalue weighted by Gasteiger charge is 2.40. The van der Waals surface area contributed by atoms with Crippen LogP contribution in [-0.4, -0.2) is 41.5 Å². The zero-order valence-corrected chi connectivity index (χ0v) is 14.6. The highest BCUT2D eigenvalue weighted by Crippen LogP contribution is 2.44. The molecule has 4 rings (SSSR count). The quantitative estimate of drug-likeness (QED) is 0.908. The van der Waals surface area contributed by atoms with Crippen molar-refractivity contribution in [2.45, 2.75) is 45.1 Å². The van der Waals surface area contributed by atoms with Crippen LogP contribution in [0, 0.1) is 5.92 Å². The molecule has 0 bridgehead atoms. The lowest BCUT2D eigenvalue weighted by molar-refractivity contribution is -0.119. The van der Waals surface area contributed by atoms with Gasteiger partial charge in [-0.25, -0.2) is 0 Å². The van der Waals surface area contributed by atoms with Gasteiger partial charge in [0.2, 0.25) is 5.91 Å². The molecule has 1 aliphatic heterocycles. The van der Waals surface area contributed by atoms with Crippen LogP contribution < -0.4 is 5.32 Å². The molecule has 2 N–H and O–H groups in total. The van der Waals surface area contributed by atoms with Crippen LogP contribution in [0.2, 0.25) is 0 Å². The molecule has 24 heavy (non-hydrogen) atoms. The Morgan fingerprint density at radius 3 is 3.08 bits per heavy atom. The van der Waals surface area contributed by atoms with Crippen LogP contribution in [0.1, 0.15) is 43.7 Å². The molecule has 2 aliphatic rings. The number of piperidine rings is 1. The minimum absolute atomic E-state index is 0.0813.